The minimum absolute atomic E-state index is 1.10. The SMILES string of the molecule is CCCCc1ccc2cc(-c3ccc(N(c4ccc(-c5cccc(-n6c7ccccc7c7ccccc76)c5)cc4)c4ccc(-c5ccc6ccccc6c5)cc4)cc3)ccc2c1. The molecule has 0 aliphatic rings. The minimum Gasteiger partial charge on any atom is -0.311 e. The second-order valence-corrected chi connectivity index (χ2v) is 16.5. The number of aryl methyl sites for hydroxylation is 1. The Hall–Kier alpha value is -7.68. The van der Waals surface area contributed by atoms with E-state index in [4.69, 9.17) is 0 Å². The number of anilines is 3. The standard InChI is InChI=1S/C60H46N2/c1-2-3-11-42-20-21-52-40-51(25-24-49(52)38-42)46-30-36-55(37-31-46)61(54-34-28-45(29-35-54)50-23-22-43-12-4-5-13-47(43)39-50)53-32-26-44(27-33-53)48-14-10-15-56(41-48)62-59-18-8-6-16-57(59)58-17-7-9-19-60(58)62/h4-10,12-41H,2-3,11H2,1H3. The van der Waals surface area contributed by atoms with Crippen LogP contribution in [-0.2, 0) is 6.42 Å². The maximum absolute atomic E-state index is 2.39. The van der Waals surface area contributed by atoms with E-state index in [1.54, 1.807) is 0 Å². The molecular weight excluding hydrogens is 749 g/mol. The molecule has 0 amide bonds. The van der Waals surface area contributed by atoms with Gasteiger partial charge in [0.25, 0.3) is 0 Å². The molecule has 1 heterocycles. The van der Waals surface area contributed by atoms with E-state index in [1.165, 1.54) is 95.1 Å². The highest BCUT2D eigenvalue weighted by Gasteiger charge is 2.16. The molecule has 2 nitrogen and oxygen atoms in total. The minimum atomic E-state index is 1.10. The molecular formula is C60H46N2. The summed E-state index contributed by atoms with van der Waals surface area (Å²) in [5.74, 6) is 0. The van der Waals surface area contributed by atoms with Crippen molar-refractivity contribution in [3.63, 3.8) is 0 Å². The first-order chi connectivity index (χ1) is 30.7. The molecule has 0 saturated carbocycles. The van der Waals surface area contributed by atoms with Crippen molar-refractivity contribution in [3.8, 4) is 39.1 Å². The highest BCUT2D eigenvalue weighted by Crippen LogP contribution is 2.39. The number of fused-ring (bicyclic) bond motifs is 5. The van der Waals surface area contributed by atoms with E-state index in [0.29, 0.717) is 0 Å². The van der Waals surface area contributed by atoms with Gasteiger partial charge in [-0.15, -0.1) is 0 Å². The third-order valence-corrected chi connectivity index (χ3v) is 12.5. The average Bonchev–Trinajstić information content (AvgIpc) is 3.68. The third kappa shape index (κ3) is 7.00. The Bertz CT molecular complexity index is 3320. The van der Waals surface area contributed by atoms with Gasteiger partial charge in [-0.3, -0.25) is 0 Å². The first-order valence-electron chi connectivity index (χ1n) is 21.9. The molecule has 0 bridgehead atoms. The zero-order valence-electron chi connectivity index (χ0n) is 34.9. The molecule has 62 heavy (non-hydrogen) atoms. The Labute approximate surface area is 363 Å². The Morgan fingerprint density at radius 2 is 0.806 bits per heavy atom. The van der Waals surface area contributed by atoms with Crippen LogP contribution in [0.5, 0.6) is 0 Å². The van der Waals surface area contributed by atoms with E-state index in [9.17, 15) is 0 Å². The first kappa shape index (κ1) is 37.3. The second kappa shape index (κ2) is 16.1. The van der Waals surface area contributed by atoms with Crippen molar-refractivity contribution in [3.05, 3.63) is 230 Å². The van der Waals surface area contributed by atoms with Crippen LogP contribution in [-0.4, -0.2) is 4.57 Å². The van der Waals surface area contributed by atoms with E-state index in [-0.39, 0.29) is 0 Å². The quantitative estimate of drug-likeness (QED) is 0.134. The fraction of sp³-hybridized carbons (Fsp3) is 0.0667. The molecule has 11 aromatic rings. The number of benzene rings is 10. The number of hydrogen-bond acceptors (Lipinski definition) is 1. The van der Waals surface area contributed by atoms with Crippen molar-refractivity contribution in [2.45, 2.75) is 26.2 Å². The molecule has 0 spiro atoms. The largest absolute Gasteiger partial charge is 0.311 e. The van der Waals surface area contributed by atoms with E-state index >= 15 is 0 Å². The summed E-state index contributed by atoms with van der Waals surface area (Å²) in [6.07, 6.45) is 3.58. The van der Waals surface area contributed by atoms with Gasteiger partial charge < -0.3 is 9.47 Å². The lowest BCUT2D eigenvalue weighted by Crippen LogP contribution is -2.09. The number of aromatic nitrogens is 1. The van der Waals surface area contributed by atoms with Crippen LogP contribution in [0, 0.1) is 0 Å². The molecule has 10 aromatic carbocycles. The van der Waals surface area contributed by atoms with Crippen LogP contribution >= 0.6 is 0 Å². The molecule has 0 unspecified atom stereocenters. The topological polar surface area (TPSA) is 8.17 Å². The summed E-state index contributed by atoms with van der Waals surface area (Å²) in [7, 11) is 0. The van der Waals surface area contributed by atoms with E-state index in [0.717, 1.165) is 29.2 Å². The van der Waals surface area contributed by atoms with E-state index in [2.05, 4.69) is 241 Å². The molecule has 0 saturated heterocycles. The van der Waals surface area contributed by atoms with Crippen molar-refractivity contribution >= 4 is 60.4 Å². The van der Waals surface area contributed by atoms with Crippen molar-refractivity contribution in [2.75, 3.05) is 4.90 Å². The summed E-state index contributed by atoms with van der Waals surface area (Å²) in [6.45, 7) is 2.26. The van der Waals surface area contributed by atoms with Gasteiger partial charge in [0, 0.05) is 33.5 Å². The number of nitrogens with zero attached hydrogens (tertiary/aromatic N) is 2. The monoisotopic (exact) mass is 794 g/mol. The van der Waals surface area contributed by atoms with Gasteiger partial charge in [-0.05, 0) is 146 Å². The molecule has 11 rings (SSSR count). The van der Waals surface area contributed by atoms with Crippen LogP contribution in [0.1, 0.15) is 25.3 Å². The van der Waals surface area contributed by atoms with Crippen molar-refractivity contribution in [2.24, 2.45) is 0 Å². The van der Waals surface area contributed by atoms with Gasteiger partial charge in [-0.1, -0.05) is 165 Å². The summed E-state index contributed by atoms with van der Waals surface area (Å²) < 4.78 is 2.39. The van der Waals surface area contributed by atoms with Crippen LogP contribution in [0.15, 0.2) is 224 Å². The molecule has 1 aromatic heterocycles. The van der Waals surface area contributed by atoms with Gasteiger partial charge in [0.2, 0.25) is 0 Å². The highest BCUT2D eigenvalue weighted by molar-refractivity contribution is 6.09. The first-order valence-corrected chi connectivity index (χ1v) is 21.9. The Morgan fingerprint density at radius 3 is 1.39 bits per heavy atom. The smallest absolute Gasteiger partial charge is 0.0541 e. The summed E-state index contributed by atoms with van der Waals surface area (Å²) in [5, 5.41) is 7.62. The van der Waals surface area contributed by atoms with Crippen molar-refractivity contribution in [1.29, 1.82) is 0 Å². The van der Waals surface area contributed by atoms with E-state index in [1.807, 2.05) is 0 Å². The van der Waals surface area contributed by atoms with Crippen LogP contribution in [0.25, 0.3) is 82.4 Å². The molecule has 296 valence electrons. The Kier molecular flexibility index (Phi) is 9.67. The Morgan fingerprint density at radius 1 is 0.355 bits per heavy atom. The van der Waals surface area contributed by atoms with Gasteiger partial charge in [0.15, 0.2) is 0 Å². The van der Waals surface area contributed by atoms with Gasteiger partial charge >= 0.3 is 0 Å². The molecule has 0 aliphatic carbocycles. The normalized spacial score (nSPS) is 11.5. The van der Waals surface area contributed by atoms with Crippen molar-refractivity contribution < 1.29 is 0 Å². The molecule has 0 N–H and O–H groups in total. The van der Waals surface area contributed by atoms with Crippen LogP contribution < -0.4 is 4.90 Å². The fourth-order valence-electron chi connectivity index (χ4n) is 9.26. The molecule has 0 atom stereocenters. The summed E-state index contributed by atoms with van der Waals surface area (Å²) in [4.78, 5) is 2.37. The molecule has 2 heteroatoms. The van der Waals surface area contributed by atoms with E-state index < -0.39 is 0 Å². The zero-order chi connectivity index (χ0) is 41.4. The average molecular weight is 795 g/mol. The summed E-state index contributed by atoms with van der Waals surface area (Å²) in [6, 6.07) is 82.5. The maximum Gasteiger partial charge on any atom is 0.0541 e. The van der Waals surface area contributed by atoms with Crippen molar-refractivity contribution in [1.82, 2.24) is 4.57 Å². The lowest BCUT2D eigenvalue weighted by Gasteiger charge is -2.26. The molecule has 0 fully saturated rings. The van der Waals surface area contributed by atoms with Gasteiger partial charge in [0.05, 0.1) is 11.0 Å². The summed E-state index contributed by atoms with van der Waals surface area (Å²) >= 11 is 0. The van der Waals surface area contributed by atoms with Gasteiger partial charge in [-0.2, -0.15) is 0 Å². The number of rotatable bonds is 10. The number of unbranched alkanes of at least 4 members (excludes halogenated alkanes) is 1. The number of para-hydroxylation sites is 2. The van der Waals surface area contributed by atoms with Crippen LogP contribution in [0.2, 0.25) is 0 Å². The Balaban J connectivity index is 0.943. The van der Waals surface area contributed by atoms with Crippen LogP contribution in [0.3, 0.4) is 0 Å². The maximum atomic E-state index is 2.39. The van der Waals surface area contributed by atoms with Gasteiger partial charge in [0.1, 0.15) is 0 Å². The highest BCUT2D eigenvalue weighted by atomic mass is 15.1. The lowest BCUT2D eigenvalue weighted by molar-refractivity contribution is 0.796. The number of hydrogen-bond donors (Lipinski definition) is 0. The lowest BCUT2D eigenvalue weighted by atomic mass is 9.98. The predicted octanol–water partition coefficient (Wildman–Crippen LogP) is 16.9. The zero-order valence-corrected chi connectivity index (χ0v) is 34.9. The van der Waals surface area contributed by atoms with Gasteiger partial charge in [-0.25, -0.2) is 0 Å². The summed E-state index contributed by atoms with van der Waals surface area (Å²) in [5.41, 5.74) is 15.5. The molecule has 0 radical (unpaired) electrons. The molecule has 0 aliphatic heterocycles. The third-order valence-electron chi connectivity index (χ3n) is 12.5. The predicted molar refractivity (Wildman–Crippen MR) is 265 cm³/mol. The second-order valence-electron chi connectivity index (χ2n) is 16.5. The fourth-order valence-corrected chi connectivity index (χ4v) is 9.26. The van der Waals surface area contributed by atoms with Crippen LogP contribution in [0.4, 0.5) is 17.1 Å².